The highest BCUT2D eigenvalue weighted by atomic mass is 16.6. The summed E-state index contributed by atoms with van der Waals surface area (Å²) in [5.74, 6) is -0.241. The van der Waals surface area contributed by atoms with Crippen molar-refractivity contribution in [2.45, 2.75) is 20.3 Å². The number of likely N-dealkylation sites (tertiary alicyclic amines) is 1. The number of nitro benzene ring substituents is 1. The van der Waals surface area contributed by atoms with E-state index in [1.807, 2.05) is 0 Å². The topological polar surface area (TPSA) is 111 Å². The molecular weight excluding hydrogens is 366 g/mol. The molecule has 0 radical (unpaired) electrons. The van der Waals surface area contributed by atoms with Gasteiger partial charge in [0, 0.05) is 44.6 Å². The monoisotopic (exact) mass is 393 g/mol. The molecule has 28 heavy (non-hydrogen) atoms. The summed E-state index contributed by atoms with van der Waals surface area (Å²) in [7, 11) is 1.54. The molecule has 0 spiro atoms. The van der Waals surface area contributed by atoms with Gasteiger partial charge in [0.15, 0.2) is 6.61 Å². The van der Waals surface area contributed by atoms with Crippen LogP contribution in [0, 0.1) is 22.0 Å². The third-order valence-electron chi connectivity index (χ3n) is 4.60. The van der Waals surface area contributed by atoms with Gasteiger partial charge in [-0.3, -0.25) is 14.9 Å². The molecule has 2 atom stereocenters. The molecule has 154 valence electrons. The number of non-ortho nitro benzene ring substituents is 1. The van der Waals surface area contributed by atoms with Crippen molar-refractivity contribution in [1.29, 1.82) is 0 Å². The smallest absolute Gasteiger partial charge is 0.341 e. The third kappa shape index (κ3) is 5.91. The lowest BCUT2D eigenvalue weighted by Gasteiger charge is -2.34. The van der Waals surface area contributed by atoms with Gasteiger partial charge in [-0.05, 0) is 24.3 Å². The minimum Gasteiger partial charge on any atom is -0.452 e. The Morgan fingerprint density at radius 1 is 1.29 bits per heavy atom. The molecule has 9 nitrogen and oxygen atoms in total. The standard InChI is InChI=1S/C19H27N3O6/c1-13-8-14(2)11-21(10-13)18(23)12-28-19(24)16-9-15(22(25)26)4-5-17(16)20-6-7-27-3/h4-5,9,13-14,20H,6-8,10-12H2,1-3H3/t13-,14-/m0/s1. The Morgan fingerprint density at radius 3 is 2.57 bits per heavy atom. The number of ether oxygens (including phenoxy) is 2. The minimum atomic E-state index is -0.782. The highest BCUT2D eigenvalue weighted by Crippen LogP contribution is 2.24. The molecule has 1 fully saturated rings. The summed E-state index contributed by atoms with van der Waals surface area (Å²) in [5, 5.41) is 14.0. The molecule has 1 heterocycles. The zero-order valence-corrected chi connectivity index (χ0v) is 16.5. The Kier molecular flexibility index (Phi) is 7.74. The lowest BCUT2D eigenvalue weighted by Crippen LogP contribution is -2.44. The number of nitrogens with one attached hydrogen (secondary N) is 1. The Bertz CT molecular complexity index is 714. The quantitative estimate of drug-likeness (QED) is 0.312. The number of esters is 1. The van der Waals surface area contributed by atoms with Crippen molar-refractivity contribution >= 4 is 23.3 Å². The number of amides is 1. The second kappa shape index (κ2) is 10.0. The number of methoxy groups -OCH3 is 1. The first-order valence-electron chi connectivity index (χ1n) is 9.28. The summed E-state index contributed by atoms with van der Waals surface area (Å²) in [6.45, 7) is 5.87. The van der Waals surface area contributed by atoms with E-state index < -0.39 is 17.5 Å². The maximum atomic E-state index is 12.5. The second-order valence-electron chi connectivity index (χ2n) is 7.23. The molecule has 2 rings (SSSR count). The molecule has 0 bridgehead atoms. The summed E-state index contributed by atoms with van der Waals surface area (Å²) in [4.78, 5) is 37.1. The fraction of sp³-hybridized carbons (Fsp3) is 0.579. The molecule has 1 aliphatic heterocycles. The molecule has 0 aliphatic carbocycles. The van der Waals surface area contributed by atoms with Crippen LogP contribution < -0.4 is 5.32 Å². The van der Waals surface area contributed by atoms with Crippen molar-refractivity contribution < 1.29 is 24.0 Å². The van der Waals surface area contributed by atoms with E-state index >= 15 is 0 Å². The first kappa shape index (κ1) is 21.6. The van der Waals surface area contributed by atoms with Crippen molar-refractivity contribution in [2.24, 2.45) is 11.8 Å². The number of carbonyl (C=O) groups excluding carboxylic acids is 2. The zero-order chi connectivity index (χ0) is 20.7. The Hall–Kier alpha value is -2.68. The van der Waals surface area contributed by atoms with Gasteiger partial charge in [-0.1, -0.05) is 13.8 Å². The molecule has 1 saturated heterocycles. The lowest BCUT2D eigenvalue weighted by molar-refractivity contribution is -0.384. The van der Waals surface area contributed by atoms with Crippen LogP contribution in [0.15, 0.2) is 18.2 Å². The summed E-state index contributed by atoms with van der Waals surface area (Å²) < 4.78 is 10.1. The number of hydrogen-bond donors (Lipinski definition) is 1. The van der Waals surface area contributed by atoms with Crippen LogP contribution in [0.1, 0.15) is 30.6 Å². The molecule has 0 aromatic heterocycles. The van der Waals surface area contributed by atoms with E-state index in [0.717, 1.165) is 12.5 Å². The molecule has 1 aromatic rings. The van der Waals surface area contributed by atoms with Crippen LogP contribution in [-0.4, -0.2) is 61.7 Å². The Morgan fingerprint density at radius 2 is 1.96 bits per heavy atom. The van der Waals surface area contributed by atoms with Crippen molar-refractivity contribution in [2.75, 3.05) is 45.3 Å². The van der Waals surface area contributed by atoms with Crippen LogP contribution in [0.25, 0.3) is 0 Å². The van der Waals surface area contributed by atoms with E-state index in [-0.39, 0.29) is 17.2 Å². The SMILES string of the molecule is COCCNc1ccc([N+](=O)[O-])cc1C(=O)OCC(=O)N1C[C@@H](C)C[C@H](C)C1. The Balaban J connectivity index is 2.05. The first-order valence-corrected chi connectivity index (χ1v) is 9.28. The average Bonchev–Trinajstić information content (AvgIpc) is 2.65. The van der Waals surface area contributed by atoms with Gasteiger partial charge in [0.25, 0.3) is 11.6 Å². The maximum Gasteiger partial charge on any atom is 0.341 e. The number of anilines is 1. The van der Waals surface area contributed by atoms with E-state index in [0.29, 0.717) is 43.8 Å². The first-order chi connectivity index (χ1) is 13.3. The maximum absolute atomic E-state index is 12.5. The number of rotatable bonds is 8. The van der Waals surface area contributed by atoms with Gasteiger partial charge < -0.3 is 19.7 Å². The van der Waals surface area contributed by atoms with Gasteiger partial charge in [0.2, 0.25) is 0 Å². The van der Waals surface area contributed by atoms with E-state index in [2.05, 4.69) is 19.2 Å². The highest BCUT2D eigenvalue weighted by molar-refractivity contribution is 5.97. The largest absolute Gasteiger partial charge is 0.452 e. The second-order valence-corrected chi connectivity index (χ2v) is 7.23. The predicted octanol–water partition coefficient (Wildman–Crippen LogP) is 2.31. The fourth-order valence-corrected chi connectivity index (χ4v) is 3.42. The van der Waals surface area contributed by atoms with Crippen LogP contribution in [0.4, 0.5) is 11.4 Å². The van der Waals surface area contributed by atoms with Crippen molar-refractivity contribution in [3.8, 4) is 0 Å². The minimum absolute atomic E-state index is 0.0125. The van der Waals surface area contributed by atoms with E-state index in [1.54, 1.807) is 12.0 Å². The van der Waals surface area contributed by atoms with Gasteiger partial charge in [-0.25, -0.2) is 4.79 Å². The number of carbonyl (C=O) groups is 2. The fourth-order valence-electron chi connectivity index (χ4n) is 3.42. The average molecular weight is 393 g/mol. The molecular formula is C19H27N3O6. The van der Waals surface area contributed by atoms with E-state index in [1.165, 1.54) is 12.1 Å². The van der Waals surface area contributed by atoms with Gasteiger partial charge in [-0.2, -0.15) is 0 Å². The molecule has 1 aromatic carbocycles. The molecule has 0 saturated carbocycles. The molecule has 1 amide bonds. The number of benzene rings is 1. The van der Waals surface area contributed by atoms with E-state index in [4.69, 9.17) is 9.47 Å². The van der Waals surface area contributed by atoms with Crippen LogP contribution in [0.3, 0.4) is 0 Å². The normalized spacial score (nSPS) is 19.2. The van der Waals surface area contributed by atoms with Crippen LogP contribution in [0.5, 0.6) is 0 Å². The van der Waals surface area contributed by atoms with Gasteiger partial charge >= 0.3 is 5.97 Å². The van der Waals surface area contributed by atoms with Gasteiger partial charge in [0.1, 0.15) is 0 Å². The van der Waals surface area contributed by atoms with Crippen molar-refractivity contribution in [1.82, 2.24) is 4.90 Å². The van der Waals surface area contributed by atoms with Crippen LogP contribution >= 0.6 is 0 Å². The molecule has 1 N–H and O–H groups in total. The van der Waals surface area contributed by atoms with E-state index in [9.17, 15) is 19.7 Å². The number of nitro groups is 1. The summed E-state index contributed by atoms with van der Waals surface area (Å²) in [5.41, 5.74) is 0.174. The van der Waals surface area contributed by atoms with Gasteiger partial charge in [-0.15, -0.1) is 0 Å². The summed E-state index contributed by atoms with van der Waals surface area (Å²) in [6.07, 6.45) is 1.06. The zero-order valence-electron chi connectivity index (χ0n) is 16.5. The van der Waals surface area contributed by atoms with Crippen molar-refractivity contribution in [3.05, 3.63) is 33.9 Å². The summed E-state index contributed by atoms with van der Waals surface area (Å²) >= 11 is 0. The summed E-state index contributed by atoms with van der Waals surface area (Å²) in [6, 6.07) is 3.89. The van der Waals surface area contributed by atoms with Crippen LogP contribution in [0.2, 0.25) is 0 Å². The van der Waals surface area contributed by atoms with Crippen LogP contribution in [-0.2, 0) is 14.3 Å². The molecule has 9 heteroatoms. The number of hydrogen-bond acceptors (Lipinski definition) is 7. The lowest BCUT2D eigenvalue weighted by atomic mass is 9.92. The number of nitrogens with zero attached hydrogens (tertiary/aromatic N) is 2. The number of piperidine rings is 1. The van der Waals surface area contributed by atoms with Gasteiger partial charge in [0.05, 0.1) is 17.1 Å². The predicted molar refractivity (Wildman–Crippen MR) is 103 cm³/mol. The Labute approximate surface area is 164 Å². The third-order valence-corrected chi connectivity index (χ3v) is 4.60. The highest BCUT2D eigenvalue weighted by Gasteiger charge is 2.26. The van der Waals surface area contributed by atoms with Crippen molar-refractivity contribution in [3.63, 3.8) is 0 Å². The molecule has 1 aliphatic rings. The molecule has 0 unspecified atom stereocenters.